The van der Waals surface area contributed by atoms with E-state index in [9.17, 15) is 22.8 Å². The van der Waals surface area contributed by atoms with E-state index in [0.717, 1.165) is 15.8 Å². The smallest absolute Gasteiger partial charge is 0.245 e. The molecule has 0 saturated carbocycles. The Morgan fingerprint density at radius 3 is 2.30 bits per heavy atom. The monoisotopic (exact) mass is 444 g/mol. The number of hydrogen-bond donors (Lipinski definition) is 0. The van der Waals surface area contributed by atoms with E-state index < -0.39 is 40.1 Å². The van der Waals surface area contributed by atoms with Crippen molar-refractivity contribution >= 4 is 39.3 Å². The maximum Gasteiger partial charge on any atom is 0.245 e. The molecule has 30 heavy (non-hydrogen) atoms. The van der Waals surface area contributed by atoms with Crippen LogP contribution in [0, 0.1) is 0 Å². The fourth-order valence-corrected chi connectivity index (χ4v) is 6.27. The number of carbonyl (C=O) groups excluding carboxylic acids is 3. The number of nitrogens with zero attached hydrogens (tertiary/aromatic N) is 2. The minimum absolute atomic E-state index is 0.0233. The van der Waals surface area contributed by atoms with E-state index in [2.05, 4.69) is 0 Å². The zero-order chi connectivity index (χ0) is 21.3. The molecule has 1 atom stereocenters. The maximum atomic E-state index is 13.4. The molecule has 1 amide bonds. The molecule has 7 nitrogen and oxygen atoms in total. The van der Waals surface area contributed by atoms with Crippen LogP contribution in [0.3, 0.4) is 0 Å². The van der Waals surface area contributed by atoms with Crippen LogP contribution in [0.15, 0.2) is 59.5 Å². The first-order valence-corrected chi connectivity index (χ1v) is 12.1. The van der Waals surface area contributed by atoms with Crippen molar-refractivity contribution in [2.45, 2.75) is 10.9 Å². The van der Waals surface area contributed by atoms with Crippen LogP contribution in [0.2, 0.25) is 0 Å². The van der Waals surface area contributed by atoms with Gasteiger partial charge >= 0.3 is 0 Å². The molecule has 1 saturated heterocycles. The Hall–Kier alpha value is -2.49. The van der Waals surface area contributed by atoms with E-state index in [4.69, 9.17) is 0 Å². The fraction of sp³-hybridized carbons (Fsp3) is 0.286. The summed E-state index contributed by atoms with van der Waals surface area (Å²) in [5.41, 5.74) is 0.196. The lowest BCUT2D eigenvalue weighted by atomic mass is 9.96. The van der Waals surface area contributed by atoms with Gasteiger partial charge in [-0.25, -0.2) is 8.42 Å². The van der Waals surface area contributed by atoms with E-state index in [1.807, 2.05) is 0 Å². The van der Waals surface area contributed by atoms with Crippen molar-refractivity contribution in [3.05, 3.63) is 65.7 Å². The largest absolute Gasteiger partial charge is 0.340 e. The van der Waals surface area contributed by atoms with Gasteiger partial charge in [-0.05, 0) is 12.1 Å². The van der Waals surface area contributed by atoms with Gasteiger partial charge < -0.3 is 4.90 Å². The molecule has 0 spiro atoms. The second-order valence-corrected chi connectivity index (χ2v) is 10.1. The highest BCUT2D eigenvalue weighted by Crippen LogP contribution is 2.31. The zero-order valence-electron chi connectivity index (χ0n) is 16.1. The maximum absolute atomic E-state index is 13.4. The topological polar surface area (TPSA) is 91.8 Å². The van der Waals surface area contributed by atoms with Gasteiger partial charge in [0.25, 0.3) is 0 Å². The van der Waals surface area contributed by atoms with Crippen LogP contribution in [0.4, 0.5) is 0 Å². The first-order chi connectivity index (χ1) is 14.4. The van der Waals surface area contributed by atoms with E-state index in [1.54, 1.807) is 40.9 Å². The molecule has 2 aromatic rings. The molecule has 2 aliphatic rings. The third-order valence-corrected chi connectivity index (χ3v) is 8.05. The molecule has 2 aliphatic heterocycles. The van der Waals surface area contributed by atoms with Crippen molar-refractivity contribution in [2.75, 3.05) is 31.1 Å². The molecule has 0 aliphatic carbocycles. The van der Waals surface area contributed by atoms with Crippen molar-refractivity contribution in [1.82, 2.24) is 9.21 Å². The molecule has 9 heteroatoms. The minimum atomic E-state index is -4.21. The molecule has 2 heterocycles. The molecule has 1 fully saturated rings. The van der Waals surface area contributed by atoms with Gasteiger partial charge in [0.15, 0.2) is 17.6 Å². The van der Waals surface area contributed by atoms with Crippen LogP contribution in [0.5, 0.6) is 0 Å². The summed E-state index contributed by atoms with van der Waals surface area (Å²) in [6, 6.07) is 12.3. The van der Waals surface area contributed by atoms with E-state index in [1.165, 1.54) is 30.3 Å². The highest BCUT2D eigenvalue weighted by molar-refractivity contribution is 7.99. The first kappa shape index (κ1) is 20.8. The molecular formula is C21H20N2O5S2. The second-order valence-electron chi connectivity index (χ2n) is 7.04. The van der Waals surface area contributed by atoms with Crippen molar-refractivity contribution in [3.8, 4) is 0 Å². The summed E-state index contributed by atoms with van der Waals surface area (Å²) in [4.78, 5) is 40.7. The van der Waals surface area contributed by atoms with Gasteiger partial charge in [0.05, 0.1) is 11.4 Å². The Morgan fingerprint density at radius 1 is 0.967 bits per heavy atom. The number of Topliss-reactive ketones (excluding diaryl/α,β-unsaturated/α-hetero) is 2. The van der Waals surface area contributed by atoms with Crippen LogP contribution in [0.1, 0.15) is 20.7 Å². The fourth-order valence-electron chi connectivity index (χ4n) is 3.67. The van der Waals surface area contributed by atoms with Gasteiger partial charge in [0, 0.05) is 35.7 Å². The molecule has 0 aromatic heterocycles. The number of rotatable bonds is 4. The highest BCUT2D eigenvalue weighted by atomic mass is 32.2. The summed E-state index contributed by atoms with van der Waals surface area (Å²) in [5.74, 6) is -0.118. The second kappa shape index (κ2) is 8.33. The van der Waals surface area contributed by atoms with Gasteiger partial charge in [0.1, 0.15) is 0 Å². The van der Waals surface area contributed by atoms with Crippen molar-refractivity contribution in [2.24, 2.45) is 0 Å². The minimum Gasteiger partial charge on any atom is -0.340 e. The predicted molar refractivity (Wildman–Crippen MR) is 113 cm³/mol. The Bertz CT molecular complexity index is 1100. The first-order valence-electron chi connectivity index (χ1n) is 9.51. The molecular weight excluding hydrogens is 424 g/mol. The van der Waals surface area contributed by atoms with E-state index in [0.29, 0.717) is 13.1 Å². The number of sulfonamides is 1. The van der Waals surface area contributed by atoms with Crippen LogP contribution in [-0.2, 0) is 14.8 Å². The van der Waals surface area contributed by atoms with Crippen molar-refractivity contribution in [1.29, 1.82) is 0 Å². The number of hydrogen-bond acceptors (Lipinski definition) is 6. The molecule has 1 unspecified atom stereocenters. The Morgan fingerprint density at radius 2 is 1.60 bits per heavy atom. The summed E-state index contributed by atoms with van der Waals surface area (Å²) >= 11 is 1.72. The Labute approximate surface area is 179 Å². The molecule has 4 rings (SSSR count). The summed E-state index contributed by atoms with van der Waals surface area (Å²) in [7, 11) is -4.21. The number of ketones is 2. The van der Waals surface area contributed by atoms with Crippen LogP contribution in [0.25, 0.3) is 0 Å². The normalized spacial score (nSPS) is 21.1. The number of benzene rings is 2. The number of amides is 1. The molecule has 2 aromatic carbocycles. The summed E-state index contributed by atoms with van der Waals surface area (Å²) in [6.07, 6.45) is 0. The number of carbonyl (C=O) groups is 3. The highest BCUT2D eigenvalue weighted by Gasteiger charge is 2.48. The number of thioether (sulfide) groups is 1. The van der Waals surface area contributed by atoms with Gasteiger partial charge in [-0.15, -0.1) is 0 Å². The van der Waals surface area contributed by atoms with Crippen molar-refractivity contribution < 1.29 is 22.8 Å². The summed E-state index contributed by atoms with van der Waals surface area (Å²) in [6.45, 7) is 0.481. The predicted octanol–water partition coefficient (Wildman–Crippen LogP) is 1.70. The van der Waals surface area contributed by atoms with Gasteiger partial charge in [-0.3, -0.25) is 14.4 Å². The SMILES string of the molecule is O=C(c1ccccc1)C1C(=O)c2ccccc2S(=O)(=O)N1CC(=O)N1CCSCC1. The van der Waals surface area contributed by atoms with E-state index in [-0.39, 0.29) is 16.0 Å². The lowest BCUT2D eigenvalue weighted by Crippen LogP contribution is -2.56. The third kappa shape index (κ3) is 3.68. The Kier molecular flexibility index (Phi) is 5.77. The summed E-state index contributed by atoms with van der Waals surface area (Å²) < 4.78 is 27.5. The van der Waals surface area contributed by atoms with Crippen molar-refractivity contribution in [3.63, 3.8) is 0 Å². The lowest BCUT2D eigenvalue weighted by Gasteiger charge is -2.35. The van der Waals surface area contributed by atoms with Gasteiger partial charge in [-0.2, -0.15) is 16.1 Å². The molecule has 156 valence electrons. The van der Waals surface area contributed by atoms with Crippen LogP contribution >= 0.6 is 11.8 Å². The van der Waals surface area contributed by atoms with Crippen LogP contribution < -0.4 is 0 Å². The molecule has 0 N–H and O–H groups in total. The van der Waals surface area contributed by atoms with E-state index >= 15 is 0 Å². The standard InChI is InChI=1S/C21H20N2O5S2/c24-18(22-10-12-29-13-11-22)14-23-19(20(25)15-6-2-1-3-7-15)21(26)16-8-4-5-9-17(16)30(23,27)28/h1-9,19H,10-14H2. The molecule has 0 bridgehead atoms. The third-order valence-electron chi connectivity index (χ3n) is 5.24. The summed E-state index contributed by atoms with van der Waals surface area (Å²) in [5, 5.41) is 0. The van der Waals surface area contributed by atoms with Crippen LogP contribution in [-0.4, -0.2) is 72.3 Å². The van der Waals surface area contributed by atoms with Gasteiger partial charge in [0.2, 0.25) is 15.9 Å². The average Bonchev–Trinajstić information content (AvgIpc) is 2.78. The van der Waals surface area contributed by atoms with Gasteiger partial charge in [-0.1, -0.05) is 42.5 Å². The quantitative estimate of drug-likeness (QED) is 0.527. The lowest BCUT2D eigenvalue weighted by molar-refractivity contribution is -0.131. The number of fused-ring (bicyclic) bond motifs is 1. The Balaban J connectivity index is 1.77. The molecule has 0 radical (unpaired) electrons. The average molecular weight is 445 g/mol. The zero-order valence-corrected chi connectivity index (χ0v) is 17.7.